The quantitative estimate of drug-likeness (QED) is 0.443. The van der Waals surface area contributed by atoms with Gasteiger partial charge in [0.05, 0.1) is 39.5 Å². The van der Waals surface area contributed by atoms with Crippen molar-refractivity contribution in [1.29, 1.82) is 0 Å². The molecule has 0 fully saturated rings. The van der Waals surface area contributed by atoms with E-state index in [9.17, 15) is 4.79 Å². The molecule has 3 rings (SSSR count). The summed E-state index contributed by atoms with van der Waals surface area (Å²) in [5.74, 6) is 0. The van der Waals surface area contributed by atoms with Crippen LogP contribution in [0.1, 0.15) is 11.1 Å². The molecular weight excluding hydrogens is 395 g/mol. The molecule has 0 atom stereocenters. The molecule has 0 aliphatic heterocycles. The highest BCUT2D eigenvalue weighted by Gasteiger charge is 2.11. The van der Waals surface area contributed by atoms with E-state index in [1.165, 1.54) is 0 Å². The summed E-state index contributed by atoms with van der Waals surface area (Å²) >= 11 is 7.64. The number of benzene rings is 2. The summed E-state index contributed by atoms with van der Waals surface area (Å²) in [6.45, 7) is 4.04. The lowest BCUT2D eigenvalue weighted by Gasteiger charge is -2.12. The van der Waals surface area contributed by atoms with Crippen LogP contribution in [0.5, 0.6) is 0 Å². The van der Waals surface area contributed by atoms with Gasteiger partial charge in [-0.15, -0.1) is 0 Å². The highest BCUT2D eigenvalue weighted by molar-refractivity contribution is 14.1. The summed E-state index contributed by atoms with van der Waals surface area (Å²) in [5, 5.41) is 0.666. The van der Waals surface area contributed by atoms with Gasteiger partial charge in [-0.25, -0.2) is 0 Å². The second-order valence-corrected chi connectivity index (χ2v) is 6.40. The van der Waals surface area contributed by atoms with Crippen LogP contribution in [0.4, 0.5) is 0 Å². The van der Waals surface area contributed by atoms with Crippen LogP contribution in [0.3, 0.4) is 0 Å². The summed E-state index contributed by atoms with van der Waals surface area (Å²) in [6.07, 6.45) is 0. The minimum atomic E-state index is -0.0754. The highest BCUT2D eigenvalue weighted by Crippen LogP contribution is 2.18. The Morgan fingerprint density at radius 2 is 1.67 bits per heavy atom. The van der Waals surface area contributed by atoms with Gasteiger partial charge in [-0.3, -0.25) is 12.1 Å². The fraction of sp³-hybridized carbons (Fsp3) is 0.125. The number of hydrogen-bond donors (Lipinski definition) is 0. The Bertz CT molecular complexity index is 952. The first kappa shape index (κ1) is 14.5. The molecule has 0 N–H and O–H groups in total. The molecule has 2 aromatic carbocycles. The maximum Gasteiger partial charge on any atom is 0.266 e. The van der Waals surface area contributed by atoms with E-state index in [4.69, 9.17) is 12.2 Å². The van der Waals surface area contributed by atoms with Crippen molar-refractivity contribution < 1.29 is 0 Å². The van der Waals surface area contributed by atoms with E-state index < -0.39 is 0 Å². The lowest BCUT2D eigenvalue weighted by atomic mass is 10.1. The van der Waals surface area contributed by atoms with E-state index in [0.717, 1.165) is 22.3 Å². The van der Waals surface area contributed by atoms with Gasteiger partial charge in [-0.05, 0) is 61.5 Å². The highest BCUT2D eigenvalue weighted by atomic mass is 127. The normalized spacial score (nSPS) is 11.0. The third-order valence-electron chi connectivity index (χ3n) is 3.37. The van der Waals surface area contributed by atoms with Crippen LogP contribution in [0, 0.1) is 18.6 Å². The smallest absolute Gasteiger partial charge is 0.266 e. The Hall–Kier alpha value is -1.47. The first-order valence-corrected chi connectivity index (χ1v) is 7.88. The molecule has 1 heterocycles. The minimum absolute atomic E-state index is 0.0754. The molecule has 0 bridgehead atoms. The maximum absolute atomic E-state index is 12.8. The third kappa shape index (κ3) is 2.44. The molecule has 0 radical (unpaired) electrons. The minimum Gasteiger partial charge on any atom is -0.268 e. The Kier molecular flexibility index (Phi) is 3.71. The summed E-state index contributed by atoms with van der Waals surface area (Å²) in [4.78, 5) is 12.8. The first-order valence-electron chi connectivity index (χ1n) is 6.50. The second kappa shape index (κ2) is 5.38. The molecule has 3 nitrogen and oxygen atoms in total. The average molecular weight is 408 g/mol. The predicted molar refractivity (Wildman–Crippen MR) is 97.3 cm³/mol. The monoisotopic (exact) mass is 408 g/mol. The Morgan fingerprint density at radius 1 is 1.05 bits per heavy atom. The molecule has 0 unspecified atom stereocenters. The Balaban J connectivity index is 2.49. The van der Waals surface area contributed by atoms with Crippen molar-refractivity contribution in [1.82, 2.24) is 7.35 Å². The zero-order valence-electron chi connectivity index (χ0n) is 11.6. The molecule has 5 heteroatoms. The van der Waals surface area contributed by atoms with Gasteiger partial charge < -0.3 is 0 Å². The molecule has 1 aromatic heterocycles. The third-order valence-corrected chi connectivity index (χ3v) is 5.04. The zero-order valence-corrected chi connectivity index (χ0v) is 14.6. The van der Waals surface area contributed by atoms with Crippen LogP contribution in [-0.4, -0.2) is 7.35 Å². The van der Waals surface area contributed by atoms with Gasteiger partial charge in [0.15, 0.2) is 4.77 Å². The SMILES string of the molecule is Cc1cc(C)cc(-n2c(=O)c3ccccc3n(I)c2=S)c1. The van der Waals surface area contributed by atoms with Crippen molar-refractivity contribution in [2.75, 3.05) is 0 Å². The standard InChI is InChI=1S/C16H13IN2OS/c1-10-7-11(2)9-12(8-10)18-15(20)13-5-3-4-6-14(13)19(17)16(18)21/h3-9H,1-2H3. The van der Waals surface area contributed by atoms with Crippen molar-refractivity contribution in [2.24, 2.45) is 0 Å². The zero-order chi connectivity index (χ0) is 15.1. The molecule has 0 amide bonds. The van der Waals surface area contributed by atoms with E-state index in [0.29, 0.717) is 10.2 Å². The van der Waals surface area contributed by atoms with Gasteiger partial charge in [0, 0.05) is 0 Å². The number of rotatable bonds is 1. The van der Waals surface area contributed by atoms with Crippen LogP contribution in [0.25, 0.3) is 16.6 Å². The molecule has 0 aliphatic carbocycles. The van der Waals surface area contributed by atoms with E-state index in [1.54, 1.807) is 4.57 Å². The average Bonchev–Trinajstić information content (AvgIpc) is 2.44. The molecule has 21 heavy (non-hydrogen) atoms. The molecule has 0 saturated carbocycles. The van der Waals surface area contributed by atoms with Crippen molar-refractivity contribution in [3.8, 4) is 5.69 Å². The summed E-state index contributed by atoms with van der Waals surface area (Å²) in [6, 6.07) is 13.6. The number of para-hydroxylation sites is 1. The number of hydrogen-bond acceptors (Lipinski definition) is 2. The lowest BCUT2D eigenvalue weighted by Crippen LogP contribution is -2.22. The number of fused-ring (bicyclic) bond motifs is 1. The maximum atomic E-state index is 12.8. The van der Waals surface area contributed by atoms with Crippen molar-refractivity contribution >= 4 is 46.0 Å². The molecular formula is C16H13IN2OS. The topological polar surface area (TPSA) is 26.9 Å². The number of aromatic nitrogens is 2. The predicted octanol–water partition coefficient (Wildman–Crippen LogP) is 4.34. The molecule has 3 aromatic rings. The number of halogens is 1. The van der Waals surface area contributed by atoms with Crippen LogP contribution in [-0.2, 0) is 0 Å². The van der Waals surface area contributed by atoms with Crippen molar-refractivity contribution in [2.45, 2.75) is 13.8 Å². The van der Waals surface area contributed by atoms with Gasteiger partial charge >= 0.3 is 0 Å². The molecule has 106 valence electrons. The van der Waals surface area contributed by atoms with Gasteiger partial charge in [0.2, 0.25) is 0 Å². The number of nitrogens with zero attached hydrogens (tertiary/aromatic N) is 2. The van der Waals surface area contributed by atoms with E-state index in [1.807, 2.05) is 53.0 Å². The van der Waals surface area contributed by atoms with E-state index in [2.05, 4.69) is 28.9 Å². The summed E-state index contributed by atoms with van der Waals surface area (Å²) in [5.41, 5.74) is 3.81. The Labute approximate surface area is 141 Å². The second-order valence-electron chi connectivity index (χ2n) is 5.07. The summed E-state index contributed by atoms with van der Waals surface area (Å²) < 4.78 is 3.94. The fourth-order valence-electron chi connectivity index (χ4n) is 2.53. The first-order chi connectivity index (χ1) is 9.99. The lowest BCUT2D eigenvalue weighted by molar-refractivity contribution is 0.928. The van der Waals surface area contributed by atoms with E-state index >= 15 is 0 Å². The largest absolute Gasteiger partial charge is 0.268 e. The molecule has 0 spiro atoms. The van der Waals surface area contributed by atoms with E-state index in [-0.39, 0.29) is 5.56 Å². The van der Waals surface area contributed by atoms with Gasteiger partial charge in [0.25, 0.3) is 5.56 Å². The van der Waals surface area contributed by atoms with Crippen LogP contribution >= 0.6 is 35.1 Å². The van der Waals surface area contributed by atoms with Gasteiger partial charge in [0.1, 0.15) is 0 Å². The van der Waals surface area contributed by atoms with Gasteiger partial charge in [-0.2, -0.15) is 0 Å². The van der Waals surface area contributed by atoms with Crippen LogP contribution in [0.15, 0.2) is 47.3 Å². The fourth-order valence-corrected chi connectivity index (χ4v) is 3.45. The van der Waals surface area contributed by atoms with Crippen molar-refractivity contribution in [3.05, 3.63) is 68.7 Å². The number of aryl methyl sites for hydroxylation is 2. The Morgan fingerprint density at radius 3 is 2.33 bits per heavy atom. The summed E-state index contributed by atoms with van der Waals surface area (Å²) in [7, 11) is 0. The molecule has 0 saturated heterocycles. The molecule has 0 aliphatic rings. The van der Waals surface area contributed by atoms with Crippen molar-refractivity contribution in [3.63, 3.8) is 0 Å². The van der Waals surface area contributed by atoms with Crippen LogP contribution in [0.2, 0.25) is 0 Å². The van der Waals surface area contributed by atoms with Crippen LogP contribution < -0.4 is 5.56 Å². The van der Waals surface area contributed by atoms with Gasteiger partial charge in [-0.1, -0.05) is 18.2 Å².